The molecule has 3 atom stereocenters. The van der Waals surface area contributed by atoms with Crippen LogP contribution in [-0.4, -0.2) is 12.3 Å². The van der Waals surface area contributed by atoms with E-state index in [0.29, 0.717) is 11.7 Å². The zero-order valence-corrected chi connectivity index (χ0v) is 11.7. The summed E-state index contributed by atoms with van der Waals surface area (Å²) in [5.74, 6) is 1.41. The zero-order chi connectivity index (χ0) is 13.2. The summed E-state index contributed by atoms with van der Waals surface area (Å²) in [5, 5.41) is 3.44. The molecule has 1 aliphatic carbocycles. The fourth-order valence-electron chi connectivity index (χ4n) is 3.69. The van der Waals surface area contributed by atoms with Gasteiger partial charge in [0.15, 0.2) is 5.78 Å². The zero-order valence-electron chi connectivity index (χ0n) is 11.7. The Morgan fingerprint density at radius 2 is 2.11 bits per heavy atom. The van der Waals surface area contributed by atoms with Gasteiger partial charge in [-0.2, -0.15) is 0 Å². The van der Waals surface area contributed by atoms with Crippen molar-refractivity contribution in [2.45, 2.75) is 45.1 Å². The third-order valence-electron chi connectivity index (χ3n) is 4.73. The van der Waals surface area contributed by atoms with Crippen molar-refractivity contribution in [1.29, 1.82) is 0 Å². The van der Waals surface area contributed by atoms with Crippen molar-refractivity contribution in [3.63, 3.8) is 0 Å². The molecule has 0 amide bonds. The Labute approximate surface area is 115 Å². The summed E-state index contributed by atoms with van der Waals surface area (Å²) in [5.41, 5.74) is 2.57. The molecule has 1 saturated carbocycles. The second-order valence-corrected chi connectivity index (χ2v) is 6.21. The molecule has 3 rings (SSSR count). The number of hydrogen-bond donors (Lipinski definition) is 1. The second kappa shape index (κ2) is 5.46. The maximum Gasteiger partial charge on any atom is 0.157 e. The highest BCUT2D eigenvalue weighted by atomic mass is 16.1. The van der Waals surface area contributed by atoms with E-state index in [1.54, 1.807) is 0 Å². The number of rotatable bonds is 2. The molecule has 1 heterocycles. The first-order chi connectivity index (χ1) is 9.25. The minimum Gasteiger partial charge on any atom is -0.303 e. The van der Waals surface area contributed by atoms with E-state index in [4.69, 9.17) is 0 Å². The lowest BCUT2D eigenvalue weighted by Gasteiger charge is -2.32. The van der Waals surface area contributed by atoms with Gasteiger partial charge in [0.05, 0.1) is 6.04 Å². The topological polar surface area (TPSA) is 29.1 Å². The summed E-state index contributed by atoms with van der Waals surface area (Å²) in [6, 6.07) is 8.36. The fraction of sp³-hybridized carbons (Fsp3) is 0.588. The molecule has 1 aliphatic heterocycles. The van der Waals surface area contributed by atoms with Crippen molar-refractivity contribution in [2.24, 2.45) is 11.8 Å². The normalized spacial score (nSPS) is 30.7. The summed E-state index contributed by atoms with van der Waals surface area (Å²) < 4.78 is 0. The van der Waals surface area contributed by atoms with Crippen LogP contribution in [0.1, 0.15) is 49.8 Å². The molecule has 1 fully saturated rings. The summed E-state index contributed by atoms with van der Waals surface area (Å²) in [6.07, 6.45) is 5.72. The molecule has 2 heteroatoms. The van der Waals surface area contributed by atoms with Crippen molar-refractivity contribution >= 4 is 5.78 Å². The van der Waals surface area contributed by atoms with Crippen LogP contribution in [-0.2, 0) is 11.2 Å². The van der Waals surface area contributed by atoms with Crippen LogP contribution < -0.4 is 5.32 Å². The van der Waals surface area contributed by atoms with Gasteiger partial charge in [-0.15, -0.1) is 0 Å². The van der Waals surface area contributed by atoms with Crippen molar-refractivity contribution in [1.82, 2.24) is 5.32 Å². The van der Waals surface area contributed by atoms with Crippen molar-refractivity contribution in [3.8, 4) is 0 Å². The molecule has 2 nitrogen and oxygen atoms in total. The van der Waals surface area contributed by atoms with Crippen LogP contribution in [0.15, 0.2) is 24.3 Å². The smallest absolute Gasteiger partial charge is 0.157 e. The Kier molecular flexibility index (Phi) is 3.69. The molecular formula is C17H23NO. The van der Waals surface area contributed by atoms with Crippen molar-refractivity contribution in [3.05, 3.63) is 35.4 Å². The molecule has 2 aliphatic rings. The van der Waals surface area contributed by atoms with Crippen LogP contribution in [0.25, 0.3) is 0 Å². The van der Waals surface area contributed by atoms with E-state index in [1.807, 2.05) is 0 Å². The van der Waals surface area contributed by atoms with E-state index in [1.165, 1.54) is 24.0 Å². The van der Waals surface area contributed by atoms with Crippen LogP contribution in [0.2, 0.25) is 0 Å². The van der Waals surface area contributed by atoms with Gasteiger partial charge in [0, 0.05) is 12.5 Å². The lowest BCUT2D eigenvalue weighted by Crippen LogP contribution is -2.39. The highest BCUT2D eigenvalue weighted by molar-refractivity contribution is 5.88. The van der Waals surface area contributed by atoms with E-state index in [9.17, 15) is 4.79 Å². The molecule has 102 valence electrons. The molecule has 1 aromatic carbocycles. The first kappa shape index (κ1) is 12.9. The maximum absolute atomic E-state index is 12.8. The van der Waals surface area contributed by atoms with Crippen molar-refractivity contribution < 1.29 is 4.79 Å². The summed E-state index contributed by atoms with van der Waals surface area (Å²) in [4.78, 5) is 12.8. The molecule has 0 radical (unpaired) electrons. The van der Waals surface area contributed by atoms with Gasteiger partial charge in [-0.25, -0.2) is 0 Å². The van der Waals surface area contributed by atoms with Crippen LogP contribution in [0.4, 0.5) is 0 Å². The third-order valence-corrected chi connectivity index (χ3v) is 4.73. The van der Waals surface area contributed by atoms with Crippen LogP contribution in [0.5, 0.6) is 0 Å². The monoisotopic (exact) mass is 257 g/mol. The Balaban J connectivity index is 1.81. The molecular weight excluding hydrogens is 234 g/mol. The molecule has 1 N–H and O–H groups in total. The minimum atomic E-state index is -0.0553. The first-order valence-electron chi connectivity index (χ1n) is 7.60. The number of benzene rings is 1. The van der Waals surface area contributed by atoms with Gasteiger partial charge in [-0.3, -0.25) is 4.79 Å². The van der Waals surface area contributed by atoms with Crippen LogP contribution in [0, 0.1) is 11.8 Å². The summed E-state index contributed by atoms with van der Waals surface area (Å²) >= 11 is 0. The van der Waals surface area contributed by atoms with E-state index in [0.717, 1.165) is 25.8 Å². The molecule has 1 aromatic rings. The summed E-state index contributed by atoms with van der Waals surface area (Å²) in [7, 11) is 0. The third kappa shape index (κ3) is 2.59. The predicted molar refractivity (Wildman–Crippen MR) is 77.0 cm³/mol. The molecule has 0 spiro atoms. The van der Waals surface area contributed by atoms with Gasteiger partial charge in [0.25, 0.3) is 0 Å². The first-order valence-corrected chi connectivity index (χ1v) is 7.60. The fourth-order valence-corrected chi connectivity index (χ4v) is 3.69. The number of nitrogens with one attached hydrogen (secondary N) is 1. The van der Waals surface area contributed by atoms with Gasteiger partial charge in [-0.05, 0) is 36.3 Å². The molecule has 19 heavy (non-hydrogen) atoms. The van der Waals surface area contributed by atoms with E-state index in [-0.39, 0.29) is 12.0 Å². The Bertz CT molecular complexity index is 468. The Morgan fingerprint density at radius 1 is 1.26 bits per heavy atom. The standard InChI is InChI=1S/C17H23NO/c1-12-5-4-7-14(11-12)17(19)16-15-8-3-2-6-13(15)9-10-18-16/h2-3,6,8,12,14,16,18H,4-5,7,9-11H2,1H3. The van der Waals surface area contributed by atoms with E-state index in [2.05, 4.69) is 36.5 Å². The van der Waals surface area contributed by atoms with Gasteiger partial charge < -0.3 is 5.32 Å². The average Bonchev–Trinajstić information content (AvgIpc) is 2.46. The highest BCUT2D eigenvalue weighted by Gasteiger charge is 2.33. The predicted octanol–water partition coefficient (Wildman–Crippen LogP) is 3.27. The largest absolute Gasteiger partial charge is 0.303 e. The molecule has 3 unspecified atom stereocenters. The van der Waals surface area contributed by atoms with Crippen molar-refractivity contribution in [2.75, 3.05) is 6.54 Å². The number of Topliss-reactive ketones (excluding diaryl/α,β-unsaturated/α-hetero) is 1. The highest BCUT2D eigenvalue weighted by Crippen LogP contribution is 2.34. The van der Waals surface area contributed by atoms with Gasteiger partial charge in [0.2, 0.25) is 0 Å². The lowest BCUT2D eigenvalue weighted by atomic mass is 9.76. The molecule has 0 bridgehead atoms. The number of hydrogen-bond acceptors (Lipinski definition) is 2. The Hall–Kier alpha value is -1.15. The lowest BCUT2D eigenvalue weighted by molar-refractivity contribution is -0.126. The summed E-state index contributed by atoms with van der Waals surface area (Å²) in [6.45, 7) is 3.21. The van der Waals surface area contributed by atoms with E-state index >= 15 is 0 Å². The van der Waals surface area contributed by atoms with Gasteiger partial charge in [0.1, 0.15) is 0 Å². The molecule has 0 aromatic heterocycles. The van der Waals surface area contributed by atoms with E-state index < -0.39 is 0 Å². The quantitative estimate of drug-likeness (QED) is 0.881. The van der Waals surface area contributed by atoms with Gasteiger partial charge in [-0.1, -0.05) is 44.0 Å². The number of ketones is 1. The maximum atomic E-state index is 12.8. The SMILES string of the molecule is CC1CCCC(C(=O)C2NCCc3ccccc32)C1. The number of carbonyl (C=O) groups is 1. The number of fused-ring (bicyclic) bond motifs is 1. The van der Waals surface area contributed by atoms with Crippen LogP contribution in [0.3, 0.4) is 0 Å². The second-order valence-electron chi connectivity index (χ2n) is 6.21. The van der Waals surface area contributed by atoms with Crippen LogP contribution >= 0.6 is 0 Å². The Morgan fingerprint density at radius 3 is 2.95 bits per heavy atom. The minimum absolute atomic E-state index is 0.0553. The number of carbonyl (C=O) groups excluding carboxylic acids is 1. The van der Waals surface area contributed by atoms with Gasteiger partial charge >= 0.3 is 0 Å². The molecule has 0 saturated heterocycles. The average molecular weight is 257 g/mol.